The molecular formula is C12H24N2O2. The monoisotopic (exact) mass is 228 g/mol. The molecule has 0 aromatic carbocycles. The molecule has 0 aliphatic carbocycles. The van der Waals surface area contributed by atoms with Crippen molar-refractivity contribution in [2.75, 3.05) is 6.54 Å². The molecule has 1 rings (SSSR count). The number of hydrogen-bond donors (Lipinski definition) is 2. The fourth-order valence-corrected chi connectivity index (χ4v) is 2.01. The molecule has 0 spiro atoms. The molecule has 0 radical (unpaired) electrons. The highest BCUT2D eigenvalue weighted by molar-refractivity contribution is 5.68. The number of carbonyl (C=O) groups excluding carboxylic acids is 1. The number of piperidine rings is 1. The molecule has 4 nitrogen and oxygen atoms in total. The van der Waals surface area contributed by atoms with Crippen LogP contribution >= 0.6 is 0 Å². The van der Waals surface area contributed by atoms with E-state index in [0.29, 0.717) is 6.04 Å². The van der Waals surface area contributed by atoms with E-state index < -0.39 is 5.60 Å². The predicted octanol–water partition coefficient (Wildman–Crippen LogP) is 2.04. The Morgan fingerprint density at radius 2 is 2.19 bits per heavy atom. The lowest BCUT2D eigenvalue weighted by Crippen LogP contribution is -2.53. The van der Waals surface area contributed by atoms with Crippen LogP contribution in [0.5, 0.6) is 0 Å². The maximum atomic E-state index is 11.6. The summed E-state index contributed by atoms with van der Waals surface area (Å²) in [6, 6.07) is 0.579. The van der Waals surface area contributed by atoms with E-state index in [4.69, 9.17) is 4.74 Å². The van der Waals surface area contributed by atoms with E-state index in [9.17, 15) is 4.79 Å². The van der Waals surface area contributed by atoms with Crippen LogP contribution in [0, 0.1) is 0 Å². The summed E-state index contributed by atoms with van der Waals surface area (Å²) in [6.45, 7) is 8.81. The quantitative estimate of drug-likeness (QED) is 0.760. The van der Waals surface area contributed by atoms with Crippen molar-refractivity contribution >= 4 is 6.09 Å². The lowest BCUT2D eigenvalue weighted by molar-refractivity contribution is 0.0481. The van der Waals surface area contributed by atoms with E-state index >= 15 is 0 Å². The summed E-state index contributed by atoms with van der Waals surface area (Å²) in [4.78, 5) is 11.6. The summed E-state index contributed by atoms with van der Waals surface area (Å²) >= 11 is 0. The first-order valence-electron chi connectivity index (χ1n) is 6.15. The molecule has 1 aliphatic heterocycles. The summed E-state index contributed by atoms with van der Waals surface area (Å²) in [5.41, 5.74) is -0.423. The molecule has 0 aromatic heterocycles. The van der Waals surface area contributed by atoms with Crippen molar-refractivity contribution in [1.29, 1.82) is 0 Å². The van der Waals surface area contributed by atoms with Crippen LogP contribution in [-0.2, 0) is 4.74 Å². The molecule has 0 saturated carbocycles. The van der Waals surface area contributed by atoms with Gasteiger partial charge in [-0.3, -0.25) is 0 Å². The average Bonchev–Trinajstić information content (AvgIpc) is 2.15. The van der Waals surface area contributed by atoms with Crippen LogP contribution in [0.2, 0.25) is 0 Å². The fraction of sp³-hybridized carbons (Fsp3) is 0.917. The van der Waals surface area contributed by atoms with Crippen LogP contribution in [-0.4, -0.2) is 30.3 Å². The summed E-state index contributed by atoms with van der Waals surface area (Å²) in [7, 11) is 0. The Labute approximate surface area is 98.1 Å². The Morgan fingerprint density at radius 1 is 1.50 bits per heavy atom. The second kappa shape index (κ2) is 5.53. The van der Waals surface area contributed by atoms with E-state index in [2.05, 4.69) is 17.6 Å². The molecule has 1 amide bonds. The van der Waals surface area contributed by atoms with Crippen molar-refractivity contribution < 1.29 is 9.53 Å². The molecule has 1 saturated heterocycles. The maximum Gasteiger partial charge on any atom is 0.407 e. The minimum Gasteiger partial charge on any atom is -0.444 e. The van der Waals surface area contributed by atoms with Crippen LogP contribution < -0.4 is 10.6 Å². The standard InChI is InChI=1S/C12H24N2O2/c1-5-9-10(7-6-8-13-9)14-11(15)16-12(2,3)4/h9-10,13H,5-8H2,1-4H3,(H,14,15). The van der Waals surface area contributed by atoms with E-state index in [1.807, 2.05) is 20.8 Å². The maximum absolute atomic E-state index is 11.6. The van der Waals surface area contributed by atoms with E-state index in [0.717, 1.165) is 25.8 Å². The van der Waals surface area contributed by atoms with Crippen molar-refractivity contribution in [3.05, 3.63) is 0 Å². The first-order chi connectivity index (χ1) is 7.42. The smallest absolute Gasteiger partial charge is 0.407 e. The Hall–Kier alpha value is -0.770. The van der Waals surface area contributed by atoms with Gasteiger partial charge in [-0.2, -0.15) is 0 Å². The molecule has 1 fully saturated rings. The molecular weight excluding hydrogens is 204 g/mol. The van der Waals surface area contributed by atoms with Crippen molar-refractivity contribution in [1.82, 2.24) is 10.6 Å². The zero-order chi connectivity index (χ0) is 12.2. The lowest BCUT2D eigenvalue weighted by Gasteiger charge is -2.33. The van der Waals surface area contributed by atoms with Gasteiger partial charge in [0.1, 0.15) is 5.60 Å². The summed E-state index contributed by atoms with van der Waals surface area (Å²) in [6.07, 6.45) is 2.86. The molecule has 16 heavy (non-hydrogen) atoms. The molecule has 1 aliphatic rings. The number of ether oxygens (including phenoxy) is 1. The van der Waals surface area contributed by atoms with Crippen LogP contribution in [0.4, 0.5) is 4.79 Å². The Balaban J connectivity index is 2.42. The third-order valence-corrected chi connectivity index (χ3v) is 2.73. The van der Waals surface area contributed by atoms with Crippen LogP contribution in [0.15, 0.2) is 0 Å². The average molecular weight is 228 g/mol. The van der Waals surface area contributed by atoms with Crippen molar-refractivity contribution in [2.24, 2.45) is 0 Å². The highest BCUT2D eigenvalue weighted by atomic mass is 16.6. The lowest BCUT2D eigenvalue weighted by atomic mass is 9.97. The van der Waals surface area contributed by atoms with Gasteiger partial charge in [-0.1, -0.05) is 6.92 Å². The van der Waals surface area contributed by atoms with Gasteiger partial charge in [-0.15, -0.1) is 0 Å². The van der Waals surface area contributed by atoms with E-state index in [1.54, 1.807) is 0 Å². The molecule has 2 N–H and O–H groups in total. The van der Waals surface area contributed by atoms with Gasteiger partial charge in [0, 0.05) is 12.1 Å². The SMILES string of the molecule is CCC1NCCCC1NC(=O)OC(C)(C)C. The Kier molecular flexibility index (Phi) is 4.59. The van der Waals surface area contributed by atoms with Gasteiger partial charge >= 0.3 is 6.09 Å². The highest BCUT2D eigenvalue weighted by Crippen LogP contribution is 2.13. The fourth-order valence-electron chi connectivity index (χ4n) is 2.01. The van der Waals surface area contributed by atoms with Crippen molar-refractivity contribution in [2.45, 2.75) is 64.6 Å². The summed E-state index contributed by atoms with van der Waals surface area (Å²) < 4.78 is 5.26. The third-order valence-electron chi connectivity index (χ3n) is 2.73. The van der Waals surface area contributed by atoms with Gasteiger partial charge in [-0.25, -0.2) is 4.79 Å². The molecule has 4 heteroatoms. The zero-order valence-electron chi connectivity index (χ0n) is 10.8. The molecule has 0 aromatic rings. The number of nitrogens with one attached hydrogen (secondary N) is 2. The second-order valence-corrected chi connectivity index (χ2v) is 5.36. The van der Waals surface area contributed by atoms with Gasteiger partial charge in [0.25, 0.3) is 0 Å². The Bertz CT molecular complexity index is 236. The topological polar surface area (TPSA) is 50.4 Å². The van der Waals surface area contributed by atoms with Crippen LogP contribution in [0.1, 0.15) is 47.0 Å². The number of carbonyl (C=O) groups is 1. The van der Waals surface area contributed by atoms with Crippen molar-refractivity contribution in [3.8, 4) is 0 Å². The van der Waals surface area contributed by atoms with Crippen molar-refractivity contribution in [3.63, 3.8) is 0 Å². The predicted molar refractivity (Wildman–Crippen MR) is 64.5 cm³/mol. The minimum absolute atomic E-state index is 0.202. The first kappa shape index (κ1) is 13.3. The van der Waals surface area contributed by atoms with Gasteiger partial charge in [0.05, 0.1) is 0 Å². The second-order valence-electron chi connectivity index (χ2n) is 5.36. The first-order valence-corrected chi connectivity index (χ1v) is 6.15. The molecule has 2 unspecified atom stereocenters. The molecule has 1 heterocycles. The number of rotatable bonds is 2. The molecule has 2 atom stereocenters. The van der Waals surface area contributed by atoms with Gasteiger partial charge in [-0.05, 0) is 46.6 Å². The summed E-state index contributed by atoms with van der Waals surface area (Å²) in [5, 5.41) is 6.37. The van der Waals surface area contributed by atoms with E-state index in [-0.39, 0.29) is 12.1 Å². The number of hydrogen-bond acceptors (Lipinski definition) is 3. The van der Waals surface area contributed by atoms with Crippen LogP contribution in [0.25, 0.3) is 0 Å². The van der Waals surface area contributed by atoms with Gasteiger partial charge in [0.15, 0.2) is 0 Å². The highest BCUT2D eigenvalue weighted by Gasteiger charge is 2.26. The number of amides is 1. The zero-order valence-corrected chi connectivity index (χ0v) is 10.8. The van der Waals surface area contributed by atoms with Crippen LogP contribution in [0.3, 0.4) is 0 Å². The largest absolute Gasteiger partial charge is 0.444 e. The normalized spacial score (nSPS) is 26.2. The molecule has 94 valence electrons. The minimum atomic E-state index is -0.423. The third kappa shape index (κ3) is 4.39. The molecule has 0 bridgehead atoms. The van der Waals surface area contributed by atoms with Gasteiger partial charge < -0.3 is 15.4 Å². The summed E-state index contributed by atoms with van der Waals surface area (Å²) in [5.74, 6) is 0. The van der Waals surface area contributed by atoms with Gasteiger partial charge in [0.2, 0.25) is 0 Å². The van der Waals surface area contributed by atoms with E-state index in [1.165, 1.54) is 0 Å². The Morgan fingerprint density at radius 3 is 2.75 bits per heavy atom. The number of alkyl carbamates (subject to hydrolysis) is 1.